The Bertz CT molecular complexity index is 992. The molecule has 0 heterocycles. The molecule has 0 aliphatic carbocycles. The zero-order valence-corrected chi connectivity index (χ0v) is 18.8. The fourth-order valence-electron chi connectivity index (χ4n) is 2.73. The Morgan fingerprint density at radius 3 is 2.38 bits per heavy atom. The van der Waals surface area contributed by atoms with Gasteiger partial charge in [-0.25, -0.2) is 4.79 Å². The first-order valence-corrected chi connectivity index (χ1v) is 10.0. The fourth-order valence-corrected chi connectivity index (χ4v) is 2.73. The van der Waals surface area contributed by atoms with E-state index in [-0.39, 0.29) is 19.0 Å². The molecule has 2 aromatic carbocycles. The molecule has 0 aliphatic rings. The maximum Gasteiger partial charge on any atom is 0.330 e. The van der Waals surface area contributed by atoms with Gasteiger partial charge in [-0.05, 0) is 49.8 Å². The molecular formula is C25H28O7. The molecule has 170 valence electrons. The number of methoxy groups -OCH3 is 2. The number of carbonyl (C=O) groups is 2. The smallest absolute Gasteiger partial charge is 0.330 e. The second-order valence-corrected chi connectivity index (χ2v) is 6.84. The molecule has 0 aromatic heterocycles. The zero-order valence-electron chi connectivity index (χ0n) is 18.8. The van der Waals surface area contributed by atoms with Crippen molar-refractivity contribution in [2.75, 3.05) is 27.4 Å². The van der Waals surface area contributed by atoms with E-state index >= 15 is 0 Å². The first-order chi connectivity index (χ1) is 15.3. The van der Waals surface area contributed by atoms with Crippen LogP contribution in [-0.4, -0.2) is 39.2 Å². The van der Waals surface area contributed by atoms with Crippen molar-refractivity contribution in [3.63, 3.8) is 0 Å². The van der Waals surface area contributed by atoms with E-state index in [0.717, 1.165) is 5.56 Å². The number of hydrogen-bond donors (Lipinski definition) is 0. The van der Waals surface area contributed by atoms with E-state index in [9.17, 15) is 9.59 Å². The molecular weight excluding hydrogens is 412 g/mol. The maximum absolute atomic E-state index is 12.0. The lowest BCUT2D eigenvalue weighted by atomic mass is 10.1. The summed E-state index contributed by atoms with van der Waals surface area (Å²) in [6.07, 6.45) is 3.43. The summed E-state index contributed by atoms with van der Waals surface area (Å²) < 4.78 is 26.8. The van der Waals surface area contributed by atoms with E-state index in [1.165, 1.54) is 20.1 Å². The number of benzene rings is 2. The van der Waals surface area contributed by atoms with E-state index in [2.05, 4.69) is 6.58 Å². The molecule has 0 saturated carbocycles. The van der Waals surface area contributed by atoms with Gasteiger partial charge in [-0.2, -0.15) is 0 Å². The Morgan fingerprint density at radius 2 is 1.72 bits per heavy atom. The van der Waals surface area contributed by atoms with Crippen LogP contribution in [-0.2, 0) is 9.53 Å². The average Bonchev–Trinajstić information content (AvgIpc) is 2.77. The van der Waals surface area contributed by atoms with Crippen LogP contribution in [0.2, 0.25) is 0 Å². The van der Waals surface area contributed by atoms with Crippen LogP contribution in [0.3, 0.4) is 0 Å². The molecule has 7 heteroatoms. The number of Topliss-reactive ketones (excluding diaryl/α,β-unsaturated/α-hetero) is 1. The summed E-state index contributed by atoms with van der Waals surface area (Å²) in [4.78, 5) is 23.7. The maximum atomic E-state index is 12.0. The lowest BCUT2D eigenvalue weighted by Gasteiger charge is -2.11. The Kier molecular flexibility index (Phi) is 9.35. The highest BCUT2D eigenvalue weighted by Crippen LogP contribution is 2.30. The molecule has 2 rings (SSSR count). The van der Waals surface area contributed by atoms with Gasteiger partial charge in [-0.15, -0.1) is 0 Å². The Morgan fingerprint density at radius 1 is 0.938 bits per heavy atom. The van der Waals surface area contributed by atoms with Crippen LogP contribution >= 0.6 is 0 Å². The SMILES string of the molecule is C=C(C)Oc1ccc(/C=C/C(=O)OCCCOc2cc(OC)ccc2C(C)=O)cc1OC. The van der Waals surface area contributed by atoms with E-state index in [0.29, 0.717) is 40.7 Å². The molecule has 0 N–H and O–H groups in total. The number of ketones is 1. The summed E-state index contributed by atoms with van der Waals surface area (Å²) >= 11 is 0. The second kappa shape index (κ2) is 12.2. The van der Waals surface area contributed by atoms with Crippen LogP contribution in [0, 0.1) is 0 Å². The predicted octanol–water partition coefficient (Wildman–Crippen LogP) is 4.84. The normalized spacial score (nSPS) is 10.5. The van der Waals surface area contributed by atoms with Crippen molar-refractivity contribution in [3.05, 3.63) is 65.9 Å². The standard InChI is InChI=1S/C25H28O7/c1-17(2)32-22-11-7-19(15-24(22)29-5)8-12-25(27)31-14-6-13-30-23-16-20(28-4)9-10-21(23)18(3)26/h7-12,15-16H,1,6,13-14H2,2-5H3/b12-8+. The summed E-state index contributed by atoms with van der Waals surface area (Å²) in [5, 5.41) is 0. The van der Waals surface area contributed by atoms with Crippen LogP contribution < -0.4 is 18.9 Å². The molecule has 0 saturated heterocycles. The Balaban J connectivity index is 1.82. The molecule has 0 radical (unpaired) electrons. The van der Waals surface area contributed by atoms with Crippen LogP contribution in [0.5, 0.6) is 23.0 Å². The minimum absolute atomic E-state index is 0.102. The van der Waals surface area contributed by atoms with Crippen LogP contribution in [0.1, 0.15) is 36.2 Å². The highest BCUT2D eigenvalue weighted by atomic mass is 16.5. The van der Waals surface area contributed by atoms with Crippen molar-refractivity contribution in [1.29, 1.82) is 0 Å². The third kappa shape index (κ3) is 7.50. The lowest BCUT2D eigenvalue weighted by molar-refractivity contribution is -0.137. The number of hydrogen-bond acceptors (Lipinski definition) is 7. The van der Waals surface area contributed by atoms with Crippen molar-refractivity contribution in [3.8, 4) is 23.0 Å². The van der Waals surface area contributed by atoms with Crippen molar-refractivity contribution in [1.82, 2.24) is 0 Å². The van der Waals surface area contributed by atoms with E-state index in [4.69, 9.17) is 23.7 Å². The molecule has 2 aromatic rings. The van der Waals surface area contributed by atoms with Crippen molar-refractivity contribution < 1.29 is 33.3 Å². The summed E-state index contributed by atoms with van der Waals surface area (Å²) in [5.41, 5.74) is 1.23. The number of carbonyl (C=O) groups excluding carboxylic acids is 2. The van der Waals surface area contributed by atoms with Crippen LogP contribution in [0.25, 0.3) is 6.08 Å². The predicted molar refractivity (Wildman–Crippen MR) is 122 cm³/mol. The second-order valence-electron chi connectivity index (χ2n) is 6.84. The van der Waals surface area contributed by atoms with Gasteiger partial charge in [-0.3, -0.25) is 4.79 Å². The van der Waals surface area contributed by atoms with Gasteiger partial charge in [0.05, 0.1) is 38.8 Å². The van der Waals surface area contributed by atoms with Gasteiger partial charge in [0, 0.05) is 18.6 Å². The topological polar surface area (TPSA) is 80.3 Å². The molecule has 0 unspecified atom stereocenters. The molecule has 7 nitrogen and oxygen atoms in total. The van der Waals surface area contributed by atoms with E-state index < -0.39 is 5.97 Å². The highest BCUT2D eigenvalue weighted by Gasteiger charge is 2.10. The van der Waals surface area contributed by atoms with Crippen molar-refractivity contribution >= 4 is 17.8 Å². The minimum Gasteiger partial charge on any atom is -0.497 e. The van der Waals surface area contributed by atoms with E-state index in [1.807, 2.05) is 0 Å². The number of allylic oxidation sites excluding steroid dienone is 1. The van der Waals surface area contributed by atoms with Gasteiger partial charge >= 0.3 is 5.97 Å². The summed E-state index contributed by atoms with van der Waals surface area (Å²) in [5.74, 6) is 2.08. The quantitative estimate of drug-likeness (QED) is 0.154. The van der Waals surface area contributed by atoms with Gasteiger partial charge < -0.3 is 23.7 Å². The number of rotatable bonds is 12. The zero-order chi connectivity index (χ0) is 23.5. The van der Waals surface area contributed by atoms with E-state index in [1.54, 1.807) is 56.5 Å². The molecule has 32 heavy (non-hydrogen) atoms. The third-order valence-corrected chi connectivity index (χ3v) is 4.24. The largest absolute Gasteiger partial charge is 0.497 e. The Labute approximate surface area is 188 Å². The van der Waals surface area contributed by atoms with Gasteiger partial charge in [0.15, 0.2) is 17.3 Å². The van der Waals surface area contributed by atoms with Gasteiger partial charge in [0.2, 0.25) is 0 Å². The number of esters is 1. The molecule has 0 spiro atoms. The van der Waals surface area contributed by atoms with Gasteiger partial charge in [0.1, 0.15) is 11.5 Å². The highest BCUT2D eigenvalue weighted by molar-refractivity contribution is 5.97. The molecule has 0 bridgehead atoms. The van der Waals surface area contributed by atoms with Crippen LogP contribution in [0.15, 0.2) is 54.8 Å². The summed E-state index contributed by atoms with van der Waals surface area (Å²) in [6.45, 7) is 7.38. The number of ether oxygens (including phenoxy) is 5. The fraction of sp³-hybridized carbons (Fsp3) is 0.280. The summed E-state index contributed by atoms with van der Waals surface area (Å²) in [7, 11) is 3.08. The average molecular weight is 440 g/mol. The Hall–Kier alpha value is -3.74. The summed E-state index contributed by atoms with van der Waals surface area (Å²) in [6, 6.07) is 10.3. The molecule has 0 atom stereocenters. The first kappa shape index (κ1) is 24.5. The molecule has 0 fully saturated rings. The van der Waals surface area contributed by atoms with Crippen LogP contribution in [0.4, 0.5) is 0 Å². The van der Waals surface area contributed by atoms with Crippen molar-refractivity contribution in [2.45, 2.75) is 20.3 Å². The lowest BCUT2D eigenvalue weighted by Crippen LogP contribution is -2.08. The monoisotopic (exact) mass is 440 g/mol. The van der Waals surface area contributed by atoms with Gasteiger partial charge in [0.25, 0.3) is 0 Å². The molecule has 0 amide bonds. The minimum atomic E-state index is -0.475. The third-order valence-electron chi connectivity index (χ3n) is 4.24. The van der Waals surface area contributed by atoms with Gasteiger partial charge in [-0.1, -0.05) is 12.6 Å². The molecule has 0 aliphatic heterocycles. The first-order valence-electron chi connectivity index (χ1n) is 10.0. The van der Waals surface area contributed by atoms with Crippen molar-refractivity contribution in [2.24, 2.45) is 0 Å².